The van der Waals surface area contributed by atoms with Crippen molar-refractivity contribution in [2.45, 2.75) is 13.3 Å². The van der Waals surface area contributed by atoms with Crippen LogP contribution in [-0.2, 0) is 29.7 Å². The first-order valence-electron chi connectivity index (χ1n) is 1.49. The summed E-state index contributed by atoms with van der Waals surface area (Å²) in [6.45, 7) is 1.77. The van der Waals surface area contributed by atoms with Crippen molar-refractivity contribution in [3.63, 3.8) is 0 Å². The molecule has 38 valence electrons. The summed E-state index contributed by atoms with van der Waals surface area (Å²) in [5, 5.41) is -0.0509. The third kappa shape index (κ3) is 20.6. The van der Waals surface area contributed by atoms with E-state index in [9.17, 15) is 4.79 Å². The van der Waals surface area contributed by atoms with E-state index in [0.29, 0.717) is 6.42 Å². The largest absolute Gasteiger partial charge is 2.00 e. The summed E-state index contributed by atoms with van der Waals surface area (Å²) in [4.78, 5) is 9.68. The third-order valence-electron chi connectivity index (χ3n) is 0.302. The molecule has 0 amide bonds. The van der Waals surface area contributed by atoms with Crippen LogP contribution in [0.3, 0.4) is 0 Å². The van der Waals surface area contributed by atoms with Crippen molar-refractivity contribution in [2.75, 3.05) is 0 Å². The molecule has 0 heterocycles. The van der Waals surface area contributed by atoms with Gasteiger partial charge in [-0.2, -0.15) is 0 Å². The number of carbonyl (C=O) groups excluding carboxylic acids is 1. The molecular formula is C3H6O2SZn. The maximum Gasteiger partial charge on any atom is 2.00 e. The topological polar surface area (TPSA) is 45.6 Å². The van der Waals surface area contributed by atoms with E-state index in [1.165, 1.54) is 0 Å². The van der Waals surface area contributed by atoms with Crippen molar-refractivity contribution < 1.29 is 29.7 Å². The summed E-state index contributed by atoms with van der Waals surface area (Å²) in [6, 6.07) is 0. The Bertz CT molecular complexity index is 48.2. The van der Waals surface area contributed by atoms with E-state index < -0.39 is 0 Å². The van der Waals surface area contributed by atoms with Gasteiger partial charge in [-0.05, 0) is 0 Å². The van der Waals surface area contributed by atoms with Crippen LogP contribution in [0.1, 0.15) is 13.3 Å². The second-order valence-corrected chi connectivity index (χ2v) is 1.25. The first-order chi connectivity index (χ1) is 2.27. The van der Waals surface area contributed by atoms with Crippen LogP contribution in [0.5, 0.6) is 0 Å². The monoisotopic (exact) mass is 170 g/mol. The molecule has 2 nitrogen and oxygen atoms in total. The number of hydrogen-bond donors (Lipinski definition) is 1. The van der Waals surface area contributed by atoms with Crippen molar-refractivity contribution in [3.05, 3.63) is 0 Å². The number of rotatable bonds is 1. The van der Waals surface area contributed by atoms with Gasteiger partial charge < -0.3 is 5.48 Å². The van der Waals surface area contributed by atoms with E-state index in [4.69, 9.17) is 0 Å². The molecule has 0 radical (unpaired) electrons. The Morgan fingerprint density at radius 1 is 1.71 bits per heavy atom. The van der Waals surface area contributed by atoms with Gasteiger partial charge in [0.2, 0.25) is 0 Å². The van der Waals surface area contributed by atoms with Crippen LogP contribution in [-0.4, -0.2) is 5.12 Å². The van der Waals surface area contributed by atoms with Gasteiger partial charge in [-0.1, -0.05) is 6.92 Å². The molecule has 0 spiro atoms. The minimum atomic E-state index is -0.0509. The van der Waals surface area contributed by atoms with Gasteiger partial charge in [-0.25, -0.2) is 0 Å². The Labute approximate surface area is 61.1 Å². The number of carbonyl (C=O) groups is 1. The minimum absolute atomic E-state index is 0. The molecule has 0 aliphatic heterocycles. The zero-order valence-electron chi connectivity index (χ0n) is 4.18. The molecule has 0 saturated carbocycles. The van der Waals surface area contributed by atoms with Gasteiger partial charge in [0.05, 0.1) is 0 Å². The van der Waals surface area contributed by atoms with E-state index in [-0.39, 0.29) is 30.1 Å². The molecule has 0 atom stereocenters. The second-order valence-electron chi connectivity index (χ2n) is 0.747. The Morgan fingerprint density at radius 2 is 1.86 bits per heavy atom. The first-order valence-corrected chi connectivity index (χ1v) is 1.94. The summed E-state index contributed by atoms with van der Waals surface area (Å²) < 4.78 is 0. The molecule has 4 heteroatoms. The average molecular weight is 172 g/mol. The zero-order chi connectivity index (χ0) is 4.28. The Morgan fingerprint density at radius 3 is 1.86 bits per heavy atom. The predicted molar refractivity (Wildman–Crippen MR) is 25.0 cm³/mol. The van der Waals surface area contributed by atoms with Gasteiger partial charge in [0.25, 0.3) is 0 Å². The van der Waals surface area contributed by atoms with E-state index >= 15 is 0 Å². The van der Waals surface area contributed by atoms with Gasteiger partial charge in [-0.3, -0.25) is 4.79 Å². The Balaban J connectivity index is -0.0000000800. The molecule has 0 N–H and O–H groups in total. The normalized spacial score (nSPS) is 5.43. The van der Waals surface area contributed by atoms with Gasteiger partial charge in [0, 0.05) is 6.42 Å². The molecular weight excluding hydrogens is 165 g/mol. The fourth-order valence-electron chi connectivity index (χ4n) is 0. The fraction of sp³-hybridized carbons (Fsp3) is 0.667. The smallest absolute Gasteiger partial charge is 2.00 e. The molecule has 0 aromatic carbocycles. The fourth-order valence-corrected chi connectivity index (χ4v) is 0. The average Bonchev–Trinajstić information content (AvgIpc) is 1.38. The van der Waals surface area contributed by atoms with E-state index in [1.807, 2.05) is 0 Å². The third-order valence-corrected chi connectivity index (χ3v) is 0.619. The van der Waals surface area contributed by atoms with Crippen LogP contribution in [0.25, 0.3) is 0 Å². The number of thiol groups is 1. The summed E-state index contributed by atoms with van der Waals surface area (Å²) in [7, 11) is 0. The van der Waals surface area contributed by atoms with E-state index in [0.717, 1.165) is 0 Å². The standard InChI is InChI=1S/C3H6OS.O.Zn/c1-2-3(4)5;;/h2H2,1H3,(H,4,5);;/q;-2;+2. The molecule has 0 rings (SSSR count). The molecule has 0 unspecified atom stereocenters. The van der Waals surface area contributed by atoms with Crippen LogP contribution in [0.15, 0.2) is 0 Å². The summed E-state index contributed by atoms with van der Waals surface area (Å²) >= 11 is 3.46. The first kappa shape index (κ1) is 15.6. The summed E-state index contributed by atoms with van der Waals surface area (Å²) in [5.74, 6) is 0. The van der Waals surface area contributed by atoms with Gasteiger partial charge >= 0.3 is 19.5 Å². The molecule has 0 aromatic heterocycles. The van der Waals surface area contributed by atoms with Crippen LogP contribution in [0, 0.1) is 0 Å². The predicted octanol–water partition coefficient (Wildman–Crippen LogP) is 0.732. The number of hydrogen-bond acceptors (Lipinski definition) is 1. The zero-order valence-corrected chi connectivity index (χ0v) is 8.04. The second kappa shape index (κ2) is 9.78. The minimum Gasteiger partial charge on any atom is -2.00 e. The maximum atomic E-state index is 9.68. The molecule has 0 aromatic rings. The Hall–Kier alpha value is 0.603. The van der Waals surface area contributed by atoms with Crippen LogP contribution >= 0.6 is 12.6 Å². The summed E-state index contributed by atoms with van der Waals surface area (Å²) in [6.07, 6.45) is 0.531. The molecule has 7 heavy (non-hydrogen) atoms. The van der Waals surface area contributed by atoms with E-state index in [1.54, 1.807) is 6.92 Å². The van der Waals surface area contributed by atoms with Gasteiger partial charge in [0.15, 0.2) is 5.12 Å². The summed E-state index contributed by atoms with van der Waals surface area (Å²) in [5.41, 5.74) is 0. The van der Waals surface area contributed by atoms with Crippen molar-refractivity contribution in [1.29, 1.82) is 0 Å². The van der Waals surface area contributed by atoms with Crippen molar-refractivity contribution in [1.82, 2.24) is 0 Å². The molecule has 0 bridgehead atoms. The van der Waals surface area contributed by atoms with E-state index in [2.05, 4.69) is 12.6 Å². The SMILES string of the molecule is CCC(=O)S.[O-2].[Zn+2]. The van der Waals surface area contributed by atoms with Crippen molar-refractivity contribution in [2.24, 2.45) is 0 Å². The molecule has 0 saturated heterocycles. The maximum absolute atomic E-state index is 9.68. The molecule has 0 fully saturated rings. The Kier molecular flexibility index (Phi) is 21.9. The van der Waals surface area contributed by atoms with Crippen LogP contribution in [0.4, 0.5) is 0 Å². The quantitative estimate of drug-likeness (QED) is 0.459. The van der Waals surface area contributed by atoms with Crippen molar-refractivity contribution in [3.8, 4) is 0 Å². The molecule has 0 aliphatic carbocycles. The van der Waals surface area contributed by atoms with Gasteiger partial charge in [-0.15, -0.1) is 12.6 Å². The van der Waals surface area contributed by atoms with Crippen molar-refractivity contribution >= 4 is 17.7 Å². The van der Waals surface area contributed by atoms with Crippen LogP contribution in [0.2, 0.25) is 0 Å². The molecule has 0 aliphatic rings. The van der Waals surface area contributed by atoms with Gasteiger partial charge in [0.1, 0.15) is 0 Å². The van der Waals surface area contributed by atoms with Crippen LogP contribution < -0.4 is 0 Å².